The van der Waals surface area contributed by atoms with Crippen molar-refractivity contribution in [2.75, 3.05) is 0 Å². The molecule has 88 valence electrons. The van der Waals surface area contributed by atoms with E-state index in [2.05, 4.69) is 11.2 Å². The molecular formula is C12H17NO3. The lowest BCUT2D eigenvalue weighted by atomic mass is 10.1. The SMILES string of the molecule is C#CC(CCC)NC(=O)C(C)=C(C)C(=O)O. The molecule has 0 bridgehead atoms. The van der Waals surface area contributed by atoms with Gasteiger partial charge in [-0.05, 0) is 20.3 Å². The second-order valence-corrected chi connectivity index (χ2v) is 3.54. The van der Waals surface area contributed by atoms with Crippen molar-refractivity contribution in [1.82, 2.24) is 5.32 Å². The molecular weight excluding hydrogens is 206 g/mol. The minimum atomic E-state index is -1.10. The average molecular weight is 223 g/mol. The quantitative estimate of drug-likeness (QED) is 0.545. The van der Waals surface area contributed by atoms with E-state index in [4.69, 9.17) is 11.5 Å². The number of amides is 1. The molecule has 0 aromatic rings. The third-order valence-electron chi connectivity index (χ3n) is 2.31. The summed E-state index contributed by atoms with van der Waals surface area (Å²) in [6.07, 6.45) is 6.79. The van der Waals surface area contributed by atoms with E-state index in [1.807, 2.05) is 6.92 Å². The molecule has 1 amide bonds. The molecule has 1 atom stereocenters. The summed E-state index contributed by atoms with van der Waals surface area (Å²) in [5.41, 5.74) is 0.216. The van der Waals surface area contributed by atoms with Gasteiger partial charge in [-0.15, -0.1) is 6.42 Å². The van der Waals surface area contributed by atoms with Crippen LogP contribution in [-0.4, -0.2) is 23.0 Å². The number of hydrogen-bond acceptors (Lipinski definition) is 2. The Bertz CT molecular complexity index is 350. The van der Waals surface area contributed by atoms with Crippen molar-refractivity contribution in [3.8, 4) is 12.3 Å². The van der Waals surface area contributed by atoms with Crippen molar-refractivity contribution in [3.05, 3.63) is 11.1 Å². The first-order chi connectivity index (χ1) is 7.43. The average Bonchev–Trinajstić information content (AvgIpc) is 2.25. The van der Waals surface area contributed by atoms with Gasteiger partial charge in [0.25, 0.3) is 0 Å². The summed E-state index contributed by atoms with van der Waals surface area (Å²) in [4.78, 5) is 22.3. The van der Waals surface area contributed by atoms with Crippen LogP contribution in [0.15, 0.2) is 11.1 Å². The highest BCUT2D eigenvalue weighted by atomic mass is 16.4. The van der Waals surface area contributed by atoms with Gasteiger partial charge in [-0.1, -0.05) is 19.3 Å². The van der Waals surface area contributed by atoms with Crippen LogP contribution in [0.25, 0.3) is 0 Å². The number of hydrogen-bond donors (Lipinski definition) is 2. The molecule has 0 spiro atoms. The highest BCUT2D eigenvalue weighted by Gasteiger charge is 2.15. The van der Waals surface area contributed by atoms with Gasteiger partial charge >= 0.3 is 5.97 Å². The van der Waals surface area contributed by atoms with Gasteiger partial charge in [0, 0.05) is 11.1 Å². The smallest absolute Gasteiger partial charge is 0.331 e. The molecule has 0 aliphatic heterocycles. The van der Waals surface area contributed by atoms with Gasteiger partial charge in [-0.25, -0.2) is 4.79 Å². The standard InChI is InChI=1S/C12H17NO3/c1-5-7-10(6-2)13-11(14)8(3)9(4)12(15)16/h2,10H,5,7H2,1,3-4H3,(H,13,14)(H,15,16). The zero-order valence-electron chi connectivity index (χ0n) is 9.83. The minimum absolute atomic E-state index is 0.0322. The van der Waals surface area contributed by atoms with Crippen LogP contribution in [0.5, 0.6) is 0 Å². The van der Waals surface area contributed by atoms with E-state index in [1.54, 1.807) is 0 Å². The lowest BCUT2D eigenvalue weighted by Crippen LogP contribution is -2.34. The van der Waals surface area contributed by atoms with E-state index in [-0.39, 0.29) is 17.2 Å². The zero-order valence-corrected chi connectivity index (χ0v) is 9.83. The molecule has 0 rings (SSSR count). The van der Waals surface area contributed by atoms with Gasteiger partial charge in [0.05, 0.1) is 6.04 Å². The molecule has 0 aromatic heterocycles. The summed E-state index contributed by atoms with van der Waals surface area (Å²) in [6.45, 7) is 4.82. The molecule has 1 unspecified atom stereocenters. The monoisotopic (exact) mass is 223 g/mol. The summed E-state index contributed by atoms with van der Waals surface area (Å²) in [5.74, 6) is 0.938. The Morgan fingerprint density at radius 2 is 1.94 bits per heavy atom. The Kier molecular flexibility index (Phi) is 5.94. The van der Waals surface area contributed by atoms with E-state index in [0.717, 1.165) is 6.42 Å². The third kappa shape index (κ3) is 4.18. The summed E-state index contributed by atoms with van der Waals surface area (Å²) in [7, 11) is 0. The number of aliphatic carboxylic acids is 1. The van der Waals surface area contributed by atoms with Crippen LogP contribution in [0, 0.1) is 12.3 Å². The Morgan fingerprint density at radius 1 is 1.38 bits per heavy atom. The van der Waals surface area contributed by atoms with E-state index in [0.29, 0.717) is 6.42 Å². The molecule has 0 radical (unpaired) electrons. The normalized spacial score (nSPS) is 13.4. The number of carbonyl (C=O) groups excluding carboxylic acids is 1. The first-order valence-corrected chi connectivity index (χ1v) is 5.11. The highest BCUT2D eigenvalue weighted by Crippen LogP contribution is 2.05. The Labute approximate surface area is 95.7 Å². The number of carboxylic acid groups (broad SMARTS) is 1. The van der Waals surface area contributed by atoms with E-state index >= 15 is 0 Å². The maximum absolute atomic E-state index is 11.6. The predicted molar refractivity (Wildman–Crippen MR) is 61.7 cm³/mol. The van der Waals surface area contributed by atoms with Crippen LogP contribution in [0.4, 0.5) is 0 Å². The van der Waals surface area contributed by atoms with Crippen molar-refractivity contribution in [2.24, 2.45) is 0 Å². The molecule has 0 aliphatic rings. The maximum Gasteiger partial charge on any atom is 0.331 e. The lowest BCUT2D eigenvalue weighted by molar-refractivity contribution is -0.133. The molecule has 0 saturated carbocycles. The molecule has 0 heterocycles. The largest absolute Gasteiger partial charge is 0.478 e. The van der Waals surface area contributed by atoms with Crippen molar-refractivity contribution in [3.63, 3.8) is 0 Å². The van der Waals surface area contributed by atoms with Gasteiger partial charge in [-0.2, -0.15) is 0 Å². The molecule has 0 aliphatic carbocycles. The fraction of sp³-hybridized carbons (Fsp3) is 0.500. The summed E-state index contributed by atoms with van der Waals surface area (Å²) >= 11 is 0. The minimum Gasteiger partial charge on any atom is -0.478 e. The summed E-state index contributed by atoms with van der Waals surface area (Å²) in [6, 6.07) is -0.339. The highest BCUT2D eigenvalue weighted by molar-refractivity contribution is 6.01. The zero-order chi connectivity index (χ0) is 12.7. The van der Waals surface area contributed by atoms with Crippen molar-refractivity contribution in [1.29, 1.82) is 0 Å². The second-order valence-electron chi connectivity index (χ2n) is 3.54. The number of carboxylic acids is 1. The molecule has 2 N–H and O–H groups in total. The molecule has 4 heteroatoms. The number of rotatable bonds is 5. The Hall–Kier alpha value is -1.76. The lowest BCUT2D eigenvalue weighted by Gasteiger charge is -2.12. The molecule has 16 heavy (non-hydrogen) atoms. The van der Waals surface area contributed by atoms with Gasteiger partial charge in [0.2, 0.25) is 5.91 Å². The fourth-order valence-corrected chi connectivity index (χ4v) is 1.08. The van der Waals surface area contributed by atoms with E-state index in [9.17, 15) is 9.59 Å². The van der Waals surface area contributed by atoms with Gasteiger partial charge in [-0.3, -0.25) is 4.79 Å². The van der Waals surface area contributed by atoms with Crippen LogP contribution in [0.3, 0.4) is 0 Å². The Morgan fingerprint density at radius 3 is 2.31 bits per heavy atom. The second kappa shape index (κ2) is 6.67. The summed E-state index contributed by atoms with van der Waals surface area (Å²) < 4.78 is 0. The predicted octanol–water partition coefficient (Wildman–Crippen LogP) is 1.33. The van der Waals surface area contributed by atoms with Gasteiger partial charge in [0.15, 0.2) is 0 Å². The van der Waals surface area contributed by atoms with Crippen molar-refractivity contribution in [2.45, 2.75) is 39.7 Å². The Balaban J connectivity index is 4.65. The van der Waals surface area contributed by atoms with Gasteiger partial charge in [0.1, 0.15) is 0 Å². The number of terminal acetylenes is 1. The molecule has 0 aromatic carbocycles. The van der Waals surface area contributed by atoms with Crippen molar-refractivity contribution >= 4 is 11.9 Å². The van der Waals surface area contributed by atoms with E-state index < -0.39 is 11.9 Å². The summed E-state index contributed by atoms with van der Waals surface area (Å²) in [5, 5.41) is 11.3. The maximum atomic E-state index is 11.6. The molecule has 4 nitrogen and oxygen atoms in total. The number of nitrogens with one attached hydrogen (secondary N) is 1. The van der Waals surface area contributed by atoms with Gasteiger partial charge < -0.3 is 10.4 Å². The van der Waals surface area contributed by atoms with Crippen LogP contribution in [0.1, 0.15) is 33.6 Å². The van der Waals surface area contributed by atoms with Crippen LogP contribution in [0.2, 0.25) is 0 Å². The van der Waals surface area contributed by atoms with Crippen LogP contribution >= 0.6 is 0 Å². The fourth-order valence-electron chi connectivity index (χ4n) is 1.08. The topological polar surface area (TPSA) is 66.4 Å². The van der Waals surface area contributed by atoms with Crippen LogP contribution in [-0.2, 0) is 9.59 Å². The van der Waals surface area contributed by atoms with E-state index in [1.165, 1.54) is 13.8 Å². The molecule has 0 fully saturated rings. The van der Waals surface area contributed by atoms with Crippen molar-refractivity contribution < 1.29 is 14.7 Å². The molecule has 0 saturated heterocycles. The number of carbonyl (C=O) groups is 2. The third-order valence-corrected chi connectivity index (χ3v) is 2.31. The first-order valence-electron chi connectivity index (χ1n) is 5.11. The first kappa shape index (κ1) is 14.2. The van der Waals surface area contributed by atoms with Crippen LogP contribution < -0.4 is 5.32 Å².